The van der Waals surface area contributed by atoms with Crippen LogP contribution < -0.4 is 20.1 Å². The van der Waals surface area contributed by atoms with Crippen molar-refractivity contribution in [3.8, 4) is 11.5 Å². The minimum Gasteiger partial charge on any atom is -0.497 e. The van der Waals surface area contributed by atoms with Gasteiger partial charge < -0.3 is 25.0 Å². The van der Waals surface area contributed by atoms with E-state index in [1.807, 2.05) is 6.92 Å². The average Bonchev–Trinajstić information content (AvgIpc) is 2.72. The number of anilines is 1. The number of ether oxygens (including phenoxy) is 2. The van der Waals surface area contributed by atoms with Crippen molar-refractivity contribution in [2.75, 3.05) is 39.2 Å². The minimum absolute atomic E-state index is 0.151. The number of methoxy groups -OCH3 is 1. The molecule has 0 aliphatic carbocycles. The Labute approximate surface area is 169 Å². The van der Waals surface area contributed by atoms with Crippen LogP contribution in [0, 0.1) is 0 Å². The van der Waals surface area contributed by atoms with Gasteiger partial charge in [-0.1, -0.05) is 18.2 Å². The summed E-state index contributed by atoms with van der Waals surface area (Å²) in [6.07, 6.45) is 0. The fourth-order valence-corrected chi connectivity index (χ4v) is 2.53. The van der Waals surface area contributed by atoms with E-state index in [0.717, 1.165) is 0 Å². The predicted octanol–water partition coefficient (Wildman–Crippen LogP) is 1.92. The zero-order chi connectivity index (χ0) is 21.2. The Morgan fingerprint density at radius 1 is 1.07 bits per heavy atom. The Hall–Kier alpha value is -3.55. The Morgan fingerprint density at radius 3 is 2.55 bits per heavy atom. The van der Waals surface area contributed by atoms with Crippen molar-refractivity contribution >= 4 is 23.4 Å². The van der Waals surface area contributed by atoms with Crippen LogP contribution in [0.2, 0.25) is 0 Å². The van der Waals surface area contributed by atoms with Crippen LogP contribution >= 0.6 is 0 Å². The van der Waals surface area contributed by atoms with Gasteiger partial charge in [-0.15, -0.1) is 0 Å². The molecule has 8 nitrogen and oxygen atoms in total. The van der Waals surface area contributed by atoms with Crippen molar-refractivity contribution in [1.82, 2.24) is 10.2 Å². The normalized spacial score (nSPS) is 10.0. The molecule has 0 saturated carbocycles. The topological polar surface area (TPSA) is 97.0 Å². The van der Waals surface area contributed by atoms with Gasteiger partial charge in [0.1, 0.15) is 11.5 Å². The molecule has 2 N–H and O–H groups in total. The number of hydrogen-bond acceptors (Lipinski definition) is 5. The van der Waals surface area contributed by atoms with Gasteiger partial charge in [-0.2, -0.15) is 0 Å². The second kappa shape index (κ2) is 10.7. The third-order valence-electron chi connectivity index (χ3n) is 3.99. The lowest BCUT2D eigenvalue weighted by molar-refractivity contribution is -0.132. The van der Waals surface area contributed by atoms with Gasteiger partial charge in [0.15, 0.2) is 0 Å². The largest absolute Gasteiger partial charge is 0.497 e. The molecule has 0 aliphatic heterocycles. The third-order valence-corrected chi connectivity index (χ3v) is 3.99. The van der Waals surface area contributed by atoms with Crippen molar-refractivity contribution < 1.29 is 23.9 Å². The number of carbonyl (C=O) groups is 3. The summed E-state index contributed by atoms with van der Waals surface area (Å²) in [5, 5.41) is 5.26. The lowest BCUT2D eigenvalue weighted by Crippen LogP contribution is -2.41. The predicted molar refractivity (Wildman–Crippen MR) is 109 cm³/mol. The quantitative estimate of drug-likeness (QED) is 0.672. The summed E-state index contributed by atoms with van der Waals surface area (Å²) in [6, 6.07) is 13.7. The molecule has 0 heterocycles. The SMILES string of the molecule is CCOc1ccccc1C(=O)NCC(=O)N(C)CC(=O)Nc1cccc(OC)c1. The molecule has 0 aromatic heterocycles. The van der Waals surface area contributed by atoms with E-state index in [9.17, 15) is 14.4 Å². The summed E-state index contributed by atoms with van der Waals surface area (Å²) >= 11 is 0. The van der Waals surface area contributed by atoms with Gasteiger partial charge in [0, 0.05) is 18.8 Å². The lowest BCUT2D eigenvalue weighted by atomic mass is 10.2. The van der Waals surface area contributed by atoms with Gasteiger partial charge in [0.05, 0.1) is 32.4 Å². The first kappa shape index (κ1) is 21.7. The highest BCUT2D eigenvalue weighted by molar-refractivity contribution is 5.99. The standard InChI is InChI=1S/C21H25N3O5/c1-4-29-18-11-6-5-10-17(18)21(27)22-13-20(26)24(2)14-19(25)23-15-8-7-9-16(12-15)28-3/h5-12H,4,13-14H2,1-3H3,(H,22,27)(H,23,25). The molecular weight excluding hydrogens is 374 g/mol. The van der Waals surface area contributed by atoms with Gasteiger partial charge in [-0.05, 0) is 31.2 Å². The first-order valence-corrected chi connectivity index (χ1v) is 9.12. The van der Waals surface area contributed by atoms with Crippen LogP contribution in [-0.2, 0) is 9.59 Å². The monoisotopic (exact) mass is 399 g/mol. The van der Waals surface area contributed by atoms with E-state index in [0.29, 0.717) is 29.4 Å². The number of nitrogens with one attached hydrogen (secondary N) is 2. The molecule has 0 radical (unpaired) electrons. The molecule has 0 unspecified atom stereocenters. The number of amides is 3. The zero-order valence-electron chi connectivity index (χ0n) is 16.7. The molecule has 2 aromatic rings. The van der Waals surface area contributed by atoms with E-state index < -0.39 is 11.8 Å². The molecule has 0 saturated heterocycles. The highest BCUT2D eigenvalue weighted by Gasteiger charge is 2.16. The van der Waals surface area contributed by atoms with Crippen LogP contribution in [0.25, 0.3) is 0 Å². The van der Waals surface area contributed by atoms with Crippen molar-refractivity contribution in [3.05, 3.63) is 54.1 Å². The minimum atomic E-state index is -0.420. The fraction of sp³-hybridized carbons (Fsp3) is 0.286. The Kier molecular flexibility index (Phi) is 8.02. The maximum absolute atomic E-state index is 12.3. The molecule has 154 valence electrons. The first-order chi connectivity index (χ1) is 13.9. The molecule has 2 rings (SSSR count). The number of hydrogen-bond donors (Lipinski definition) is 2. The number of para-hydroxylation sites is 1. The van der Waals surface area contributed by atoms with E-state index in [1.165, 1.54) is 19.1 Å². The smallest absolute Gasteiger partial charge is 0.255 e. The van der Waals surface area contributed by atoms with Gasteiger partial charge in [0.2, 0.25) is 11.8 Å². The third kappa shape index (κ3) is 6.53. The molecule has 3 amide bonds. The highest BCUT2D eigenvalue weighted by Crippen LogP contribution is 2.18. The van der Waals surface area contributed by atoms with Crippen LogP contribution in [0.15, 0.2) is 48.5 Å². The molecule has 0 spiro atoms. The van der Waals surface area contributed by atoms with E-state index in [2.05, 4.69) is 10.6 Å². The fourth-order valence-electron chi connectivity index (χ4n) is 2.53. The van der Waals surface area contributed by atoms with Crippen molar-refractivity contribution in [2.45, 2.75) is 6.92 Å². The molecule has 29 heavy (non-hydrogen) atoms. The summed E-state index contributed by atoms with van der Waals surface area (Å²) in [5.41, 5.74) is 0.914. The molecule has 0 fully saturated rings. The van der Waals surface area contributed by atoms with Crippen LogP contribution in [0.5, 0.6) is 11.5 Å². The van der Waals surface area contributed by atoms with Crippen LogP contribution in [-0.4, -0.2) is 56.5 Å². The zero-order valence-corrected chi connectivity index (χ0v) is 16.7. The van der Waals surface area contributed by atoms with Crippen LogP contribution in [0.4, 0.5) is 5.69 Å². The van der Waals surface area contributed by atoms with Gasteiger partial charge in [-0.25, -0.2) is 0 Å². The Bertz CT molecular complexity index is 869. The Balaban J connectivity index is 1.85. The summed E-state index contributed by atoms with van der Waals surface area (Å²) in [7, 11) is 3.03. The number of likely N-dealkylation sites (N-methyl/N-ethyl adjacent to an activating group) is 1. The maximum atomic E-state index is 12.3. The number of carbonyl (C=O) groups excluding carboxylic acids is 3. The molecule has 0 aliphatic rings. The highest BCUT2D eigenvalue weighted by atomic mass is 16.5. The summed E-state index contributed by atoms with van der Waals surface area (Å²) < 4.78 is 10.5. The summed E-state index contributed by atoms with van der Waals surface area (Å²) in [6.45, 7) is 1.86. The average molecular weight is 399 g/mol. The van der Waals surface area contributed by atoms with E-state index in [1.54, 1.807) is 48.5 Å². The first-order valence-electron chi connectivity index (χ1n) is 9.12. The number of benzene rings is 2. The maximum Gasteiger partial charge on any atom is 0.255 e. The van der Waals surface area contributed by atoms with E-state index in [-0.39, 0.29) is 19.0 Å². The van der Waals surface area contributed by atoms with Gasteiger partial charge >= 0.3 is 0 Å². The van der Waals surface area contributed by atoms with Crippen molar-refractivity contribution in [2.24, 2.45) is 0 Å². The summed E-state index contributed by atoms with van der Waals surface area (Å²) in [5.74, 6) is -0.111. The van der Waals surface area contributed by atoms with Gasteiger partial charge in [0.25, 0.3) is 5.91 Å². The number of rotatable bonds is 9. The van der Waals surface area contributed by atoms with E-state index in [4.69, 9.17) is 9.47 Å². The molecule has 2 aromatic carbocycles. The second-order valence-electron chi connectivity index (χ2n) is 6.14. The van der Waals surface area contributed by atoms with E-state index >= 15 is 0 Å². The molecule has 0 atom stereocenters. The Morgan fingerprint density at radius 2 is 1.83 bits per heavy atom. The second-order valence-corrected chi connectivity index (χ2v) is 6.14. The van der Waals surface area contributed by atoms with Crippen LogP contribution in [0.3, 0.4) is 0 Å². The summed E-state index contributed by atoms with van der Waals surface area (Å²) in [4.78, 5) is 38.0. The molecule has 0 bridgehead atoms. The molecule has 8 heteroatoms. The lowest BCUT2D eigenvalue weighted by Gasteiger charge is -2.17. The van der Waals surface area contributed by atoms with Crippen molar-refractivity contribution in [1.29, 1.82) is 0 Å². The molecular formula is C21H25N3O5. The number of nitrogens with zero attached hydrogens (tertiary/aromatic N) is 1. The van der Waals surface area contributed by atoms with Gasteiger partial charge in [-0.3, -0.25) is 14.4 Å². The van der Waals surface area contributed by atoms with Crippen molar-refractivity contribution in [3.63, 3.8) is 0 Å². The van der Waals surface area contributed by atoms with Crippen LogP contribution in [0.1, 0.15) is 17.3 Å².